The van der Waals surface area contributed by atoms with Crippen LogP contribution in [0.25, 0.3) is 5.52 Å². The maximum absolute atomic E-state index is 12.4. The highest BCUT2D eigenvalue weighted by Gasteiger charge is 2.35. The number of imidazole rings is 1. The average molecular weight is 201 g/mol. The fraction of sp³-hybridized carbons (Fsp3) is 0.125. The molecule has 2 heterocycles. The molecule has 0 aliphatic rings. The minimum absolute atomic E-state index is 0.265. The first kappa shape index (κ1) is 8.86. The largest absolute Gasteiger partial charge is 0.450 e. The average Bonchev–Trinajstić information content (AvgIpc) is 2.45. The van der Waals surface area contributed by atoms with E-state index in [4.69, 9.17) is 5.73 Å². The molecule has 0 aliphatic carbocycles. The van der Waals surface area contributed by atoms with Gasteiger partial charge < -0.3 is 5.73 Å². The normalized spacial score (nSPS) is 12.2. The van der Waals surface area contributed by atoms with Crippen LogP contribution >= 0.6 is 0 Å². The van der Waals surface area contributed by atoms with Gasteiger partial charge in [-0.25, -0.2) is 4.98 Å². The number of pyridine rings is 1. The van der Waals surface area contributed by atoms with Crippen molar-refractivity contribution >= 4 is 11.2 Å². The summed E-state index contributed by atoms with van der Waals surface area (Å²) in [6.07, 6.45) is -2.10. The Labute approximate surface area is 77.0 Å². The molecule has 6 heteroatoms. The van der Waals surface area contributed by atoms with E-state index in [-0.39, 0.29) is 5.69 Å². The third kappa shape index (κ3) is 1.28. The van der Waals surface area contributed by atoms with Gasteiger partial charge in [-0.1, -0.05) is 0 Å². The predicted molar refractivity (Wildman–Crippen MR) is 44.6 cm³/mol. The van der Waals surface area contributed by atoms with Gasteiger partial charge >= 0.3 is 6.18 Å². The van der Waals surface area contributed by atoms with Gasteiger partial charge in [0.1, 0.15) is 0 Å². The van der Waals surface area contributed by atoms with Crippen molar-refractivity contribution in [1.82, 2.24) is 9.38 Å². The van der Waals surface area contributed by atoms with Gasteiger partial charge in [-0.05, 0) is 12.1 Å². The third-order valence-electron chi connectivity index (χ3n) is 1.80. The van der Waals surface area contributed by atoms with Gasteiger partial charge in [-0.15, -0.1) is 0 Å². The summed E-state index contributed by atoms with van der Waals surface area (Å²) in [6, 6.07) is 3.01. The van der Waals surface area contributed by atoms with Crippen LogP contribution < -0.4 is 5.73 Å². The summed E-state index contributed by atoms with van der Waals surface area (Å²) in [5.41, 5.74) is 6.01. The number of hydrogen-bond donors (Lipinski definition) is 1. The molecule has 2 aromatic heterocycles. The maximum atomic E-state index is 12.4. The van der Waals surface area contributed by atoms with E-state index in [0.717, 1.165) is 10.6 Å². The molecule has 0 aliphatic heterocycles. The molecule has 0 radical (unpaired) electrons. The smallest absolute Gasteiger partial charge is 0.398 e. The van der Waals surface area contributed by atoms with Gasteiger partial charge in [0.15, 0.2) is 0 Å². The SMILES string of the molecule is Nc1ccc2cnc(C(F)(F)F)n2c1. The van der Waals surface area contributed by atoms with Crippen molar-refractivity contribution < 1.29 is 13.2 Å². The number of hydrogen-bond acceptors (Lipinski definition) is 2. The summed E-state index contributed by atoms with van der Waals surface area (Å²) in [7, 11) is 0. The number of rotatable bonds is 0. The fourth-order valence-corrected chi connectivity index (χ4v) is 1.22. The van der Waals surface area contributed by atoms with E-state index < -0.39 is 12.0 Å². The zero-order valence-corrected chi connectivity index (χ0v) is 6.92. The number of nitrogen functional groups attached to an aromatic ring is 1. The Balaban J connectivity index is 2.73. The molecular weight excluding hydrogens is 195 g/mol. The standard InChI is InChI=1S/C8H6F3N3/c9-8(10,11)7-13-3-6-2-1-5(12)4-14(6)7/h1-4H,12H2. The lowest BCUT2D eigenvalue weighted by molar-refractivity contribution is -0.145. The minimum atomic E-state index is -4.46. The first-order chi connectivity index (χ1) is 6.48. The van der Waals surface area contributed by atoms with Gasteiger partial charge in [-0.2, -0.15) is 13.2 Å². The van der Waals surface area contributed by atoms with Crippen molar-refractivity contribution in [2.75, 3.05) is 5.73 Å². The Morgan fingerprint density at radius 1 is 1.29 bits per heavy atom. The summed E-state index contributed by atoms with van der Waals surface area (Å²) >= 11 is 0. The van der Waals surface area contributed by atoms with Crippen LogP contribution in [0.2, 0.25) is 0 Å². The van der Waals surface area contributed by atoms with Crippen LogP contribution in [0.3, 0.4) is 0 Å². The van der Waals surface area contributed by atoms with Gasteiger partial charge in [0.05, 0.1) is 11.7 Å². The summed E-state index contributed by atoms with van der Waals surface area (Å²) in [5.74, 6) is -0.959. The lowest BCUT2D eigenvalue weighted by Gasteiger charge is -2.05. The highest BCUT2D eigenvalue weighted by atomic mass is 19.4. The fourth-order valence-electron chi connectivity index (χ4n) is 1.22. The van der Waals surface area contributed by atoms with Crippen LogP contribution in [0.4, 0.5) is 18.9 Å². The second kappa shape index (κ2) is 2.63. The zero-order valence-electron chi connectivity index (χ0n) is 6.92. The number of fused-ring (bicyclic) bond motifs is 1. The van der Waals surface area contributed by atoms with E-state index in [9.17, 15) is 13.2 Å². The molecule has 0 amide bonds. The second-order valence-corrected chi connectivity index (χ2v) is 2.84. The Hall–Kier alpha value is -1.72. The number of nitrogens with zero attached hydrogens (tertiary/aromatic N) is 2. The molecule has 0 fully saturated rings. The minimum Gasteiger partial charge on any atom is -0.398 e. The van der Waals surface area contributed by atoms with Crippen molar-refractivity contribution in [3.05, 3.63) is 30.4 Å². The molecular formula is C8H6F3N3. The summed E-state index contributed by atoms with van der Waals surface area (Å²) in [4.78, 5) is 3.29. The quantitative estimate of drug-likeness (QED) is 0.707. The summed E-state index contributed by atoms with van der Waals surface area (Å²) in [6.45, 7) is 0. The molecule has 74 valence electrons. The van der Waals surface area contributed by atoms with Crippen LogP contribution in [0.15, 0.2) is 24.5 Å². The van der Waals surface area contributed by atoms with Crippen molar-refractivity contribution in [2.24, 2.45) is 0 Å². The molecule has 14 heavy (non-hydrogen) atoms. The lowest BCUT2D eigenvalue weighted by atomic mass is 10.4. The topological polar surface area (TPSA) is 43.3 Å². The highest BCUT2D eigenvalue weighted by Crippen LogP contribution is 2.28. The van der Waals surface area contributed by atoms with E-state index in [1.807, 2.05) is 0 Å². The highest BCUT2D eigenvalue weighted by molar-refractivity contribution is 5.52. The van der Waals surface area contributed by atoms with Crippen LogP contribution in [0.1, 0.15) is 5.82 Å². The van der Waals surface area contributed by atoms with Crippen molar-refractivity contribution in [1.29, 1.82) is 0 Å². The van der Waals surface area contributed by atoms with E-state index in [1.54, 1.807) is 0 Å². The van der Waals surface area contributed by atoms with E-state index in [1.165, 1.54) is 18.3 Å². The Morgan fingerprint density at radius 3 is 2.64 bits per heavy atom. The summed E-state index contributed by atoms with van der Waals surface area (Å²) < 4.78 is 38.0. The second-order valence-electron chi connectivity index (χ2n) is 2.84. The molecule has 2 aromatic rings. The molecule has 3 nitrogen and oxygen atoms in total. The van der Waals surface area contributed by atoms with Gasteiger partial charge in [0, 0.05) is 11.9 Å². The number of alkyl halides is 3. The number of anilines is 1. The monoisotopic (exact) mass is 201 g/mol. The Bertz CT molecular complexity index is 472. The molecule has 0 saturated carbocycles. The maximum Gasteiger partial charge on any atom is 0.450 e. The van der Waals surface area contributed by atoms with Crippen LogP contribution in [-0.2, 0) is 6.18 Å². The molecule has 0 atom stereocenters. The molecule has 2 rings (SSSR count). The first-order valence-electron chi connectivity index (χ1n) is 3.78. The van der Waals surface area contributed by atoms with Gasteiger partial charge in [0.25, 0.3) is 0 Å². The summed E-state index contributed by atoms with van der Waals surface area (Å²) in [5, 5.41) is 0. The van der Waals surface area contributed by atoms with Crippen LogP contribution in [0.5, 0.6) is 0 Å². The van der Waals surface area contributed by atoms with Gasteiger partial charge in [-0.3, -0.25) is 4.40 Å². The molecule has 0 bridgehead atoms. The zero-order chi connectivity index (χ0) is 10.3. The van der Waals surface area contributed by atoms with Gasteiger partial charge in [0.2, 0.25) is 5.82 Å². The Kier molecular flexibility index (Phi) is 1.67. The van der Waals surface area contributed by atoms with E-state index in [2.05, 4.69) is 4.98 Å². The van der Waals surface area contributed by atoms with E-state index >= 15 is 0 Å². The Morgan fingerprint density at radius 2 is 2.00 bits per heavy atom. The first-order valence-corrected chi connectivity index (χ1v) is 3.78. The molecule has 0 aromatic carbocycles. The van der Waals surface area contributed by atoms with Crippen molar-refractivity contribution in [3.63, 3.8) is 0 Å². The molecule has 0 saturated heterocycles. The van der Waals surface area contributed by atoms with Crippen LogP contribution in [-0.4, -0.2) is 9.38 Å². The molecule has 0 spiro atoms. The van der Waals surface area contributed by atoms with Crippen molar-refractivity contribution in [2.45, 2.75) is 6.18 Å². The molecule has 0 unspecified atom stereocenters. The van der Waals surface area contributed by atoms with Crippen molar-refractivity contribution in [3.8, 4) is 0 Å². The third-order valence-corrected chi connectivity index (χ3v) is 1.80. The molecule has 2 N–H and O–H groups in total. The number of halogens is 3. The van der Waals surface area contributed by atoms with Crippen LogP contribution in [0, 0.1) is 0 Å². The number of nitrogens with two attached hydrogens (primary N) is 1. The predicted octanol–water partition coefficient (Wildman–Crippen LogP) is 1.94. The van der Waals surface area contributed by atoms with E-state index in [0.29, 0.717) is 5.52 Å². The number of aromatic nitrogens is 2. The lowest BCUT2D eigenvalue weighted by Crippen LogP contribution is -2.10.